The number of amides is 1. The zero-order chi connectivity index (χ0) is 14.6. The van der Waals surface area contributed by atoms with Crippen LogP contribution in [0, 0.1) is 6.92 Å². The molecule has 0 saturated heterocycles. The largest absolute Gasteiger partial charge is 0.471 e. The molecule has 0 spiro atoms. The first-order valence-corrected chi connectivity index (χ1v) is 5.82. The fourth-order valence-electron chi connectivity index (χ4n) is 1.38. The molecule has 0 aromatic heterocycles. The second-order valence-electron chi connectivity index (χ2n) is 3.90. The van der Waals surface area contributed by atoms with Gasteiger partial charge in [0, 0.05) is 5.69 Å². The zero-order valence-electron chi connectivity index (χ0n) is 10.00. The Kier molecular flexibility index (Phi) is 4.94. The van der Waals surface area contributed by atoms with Gasteiger partial charge >= 0.3 is 12.1 Å². The highest BCUT2D eigenvalue weighted by Gasteiger charge is 2.43. The molecule has 0 fully saturated rings. The lowest BCUT2D eigenvalue weighted by Crippen LogP contribution is -2.44. The van der Waals surface area contributed by atoms with Crippen LogP contribution >= 0.6 is 11.6 Å². The van der Waals surface area contributed by atoms with Crippen LogP contribution in [0.2, 0.25) is 0 Å². The van der Waals surface area contributed by atoms with Crippen molar-refractivity contribution in [3.8, 4) is 0 Å². The molecule has 0 bridgehead atoms. The van der Waals surface area contributed by atoms with Crippen molar-refractivity contribution in [1.82, 2.24) is 0 Å². The molecule has 1 aromatic carbocycles. The third-order valence-corrected chi connectivity index (χ3v) is 2.61. The van der Waals surface area contributed by atoms with E-state index >= 15 is 0 Å². The molecule has 0 heterocycles. The van der Waals surface area contributed by atoms with Gasteiger partial charge in [-0.25, -0.2) is 0 Å². The molecule has 1 amide bonds. The molecule has 1 rings (SSSR count). The Morgan fingerprint density at radius 2 is 1.74 bits per heavy atom. The van der Waals surface area contributed by atoms with Gasteiger partial charge in [-0.15, -0.1) is 11.6 Å². The van der Waals surface area contributed by atoms with E-state index in [-0.39, 0.29) is 5.69 Å². The van der Waals surface area contributed by atoms with E-state index in [0.717, 1.165) is 5.56 Å². The van der Waals surface area contributed by atoms with Crippen LogP contribution in [-0.4, -0.2) is 30.3 Å². The summed E-state index contributed by atoms with van der Waals surface area (Å²) in [6, 6.07) is 5.80. The number of carbonyl (C=O) groups is 2. The highest BCUT2D eigenvalue weighted by molar-refractivity contribution is 6.28. The standard InChI is InChI=1S/C12H11ClF3NO2/c1-8-2-4-9(5-3-8)17(7-10(18)6-13)11(19)12(14,15)16/h2-5H,6-7H2,1H3. The Morgan fingerprint density at radius 1 is 1.21 bits per heavy atom. The number of Topliss-reactive ketones (excluding diaryl/α,β-unsaturated/α-hetero) is 1. The van der Waals surface area contributed by atoms with E-state index in [9.17, 15) is 22.8 Å². The number of rotatable bonds is 4. The Balaban J connectivity index is 3.08. The van der Waals surface area contributed by atoms with Gasteiger partial charge < -0.3 is 0 Å². The number of hydrogen-bond acceptors (Lipinski definition) is 2. The molecule has 104 valence electrons. The van der Waals surface area contributed by atoms with Crippen LogP contribution in [0.5, 0.6) is 0 Å². The molecule has 19 heavy (non-hydrogen) atoms. The first-order valence-electron chi connectivity index (χ1n) is 5.28. The second-order valence-corrected chi connectivity index (χ2v) is 4.16. The summed E-state index contributed by atoms with van der Waals surface area (Å²) in [6.07, 6.45) is -5.04. The van der Waals surface area contributed by atoms with Gasteiger partial charge in [-0.2, -0.15) is 13.2 Å². The molecule has 0 atom stereocenters. The van der Waals surface area contributed by atoms with Crippen molar-refractivity contribution in [2.45, 2.75) is 13.1 Å². The minimum absolute atomic E-state index is 0.00592. The van der Waals surface area contributed by atoms with Gasteiger partial charge in [-0.05, 0) is 19.1 Å². The van der Waals surface area contributed by atoms with Crippen LogP contribution < -0.4 is 4.90 Å². The molecule has 1 aromatic rings. The maximum absolute atomic E-state index is 12.5. The second kappa shape index (κ2) is 6.06. The third-order valence-electron chi connectivity index (χ3n) is 2.32. The number of anilines is 1. The number of carbonyl (C=O) groups excluding carboxylic acids is 2. The third kappa shape index (κ3) is 4.24. The Bertz CT molecular complexity index is 471. The van der Waals surface area contributed by atoms with Crippen LogP contribution in [0.15, 0.2) is 24.3 Å². The molecular weight excluding hydrogens is 283 g/mol. The molecule has 0 aliphatic rings. The number of hydrogen-bond donors (Lipinski definition) is 0. The highest BCUT2D eigenvalue weighted by atomic mass is 35.5. The van der Waals surface area contributed by atoms with Gasteiger partial charge in [0.1, 0.15) is 0 Å². The summed E-state index contributed by atoms with van der Waals surface area (Å²) in [5.41, 5.74) is 0.832. The van der Waals surface area contributed by atoms with Crippen LogP contribution in [-0.2, 0) is 9.59 Å². The number of ketones is 1. The van der Waals surface area contributed by atoms with E-state index < -0.39 is 30.3 Å². The van der Waals surface area contributed by atoms with E-state index in [0.29, 0.717) is 4.90 Å². The Hall–Kier alpha value is -1.56. The average molecular weight is 294 g/mol. The molecule has 0 aliphatic heterocycles. The summed E-state index contributed by atoms with van der Waals surface area (Å²) in [6.45, 7) is 1.05. The summed E-state index contributed by atoms with van der Waals surface area (Å²) >= 11 is 5.26. The minimum atomic E-state index is -5.04. The van der Waals surface area contributed by atoms with Crippen LogP contribution in [0.3, 0.4) is 0 Å². The first kappa shape index (κ1) is 15.5. The predicted octanol–water partition coefficient (Wildman–Crippen LogP) is 2.70. The van der Waals surface area contributed by atoms with Crippen molar-refractivity contribution in [2.24, 2.45) is 0 Å². The fourth-order valence-corrected chi connectivity index (χ4v) is 1.46. The Labute approximate surface area is 113 Å². The van der Waals surface area contributed by atoms with E-state index in [1.165, 1.54) is 12.1 Å². The first-order chi connectivity index (χ1) is 8.75. The molecule has 3 nitrogen and oxygen atoms in total. The van der Waals surface area contributed by atoms with Gasteiger partial charge in [-0.3, -0.25) is 14.5 Å². The van der Waals surface area contributed by atoms with Crippen molar-refractivity contribution < 1.29 is 22.8 Å². The Morgan fingerprint density at radius 3 is 2.16 bits per heavy atom. The summed E-state index contributed by atoms with van der Waals surface area (Å²) < 4.78 is 37.4. The molecule has 0 N–H and O–H groups in total. The van der Waals surface area contributed by atoms with Crippen molar-refractivity contribution >= 4 is 29.0 Å². The molecule has 0 radical (unpaired) electrons. The lowest BCUT2D eigenvalue weighted by molar-refractivity contribution is -0.170. The zero-order valence-corrected chi connectivity index (χ0v) is 10.8. The number of aryl methyl sites for hydroxylation is 1. The summed E-state index contributed by atoms with van der Waals surface area (Å²) in [5, 5.41) is 0. The molecule has 0 saturated carbocycles. The summed E-state index contributed by atoms with van der Waals surface area (Å²) in [5.74, 6) is -3.21. The number of benzene rings is 1. The predicted molar refractivity (Wildman–Crippen MR) is 65.3 cm³/mol. The average Bonchev–Trinajstić information content (AvgIpc) is 2.35. The maximum Gasteiger partial charge on any atom is 0.471 e. The normalized spacial score (nSPS) is 11.2. The van der Waals surface area contributed by atoms with Crippen LogP contribution in [0.4, 0.5) is 18.9 Å². The van der Waals surface area contributed by atoms with E-state index in [2.05, 4.69) is 0 Å². The quantitative estimate of drug-likeness (QED) is 0.801. The van der Waals surface area contributed by atoms with Crippen molar-refractivity contribution in [3.05, 3.63) is 29.8 Å². The van der Waals surface area contributed by atoms with Gasteiger partial charge in [-0.1, -0.05) is 17.7 Å². The molecule has 7 heteroatoms. The van der Waals surface area contributed by atoms with Crippen LogP contribution in [0.1, 0.15) is 5.56 Å². The van der Waals surface area contributed by atoms with Gasteiger partial charge in [0.25, 0.3) is 0 Å². The monoisotopic (exact) mass is 293 g/mol. The summed E-state index contributed by atoms with van der Waals surface area (Å²) in [7, 11) is 0. The number of halogens is 4. The minimum Gasteiger partial charge on any atom is -0.297 e. The van der Waals surface area contributed by atoms with E-state index in [1.807, 2.05) is 0 Å². The summed E-state index contributed by atoms with van der Waals surface area (Å²) in [4.78, 5) is 22.9. The highest BCUT2D eigenvalue weighted by Crippen LogP contribution is 2.24. The van der Waals surface area contributed by atoms with Crippen molar-refractivity contribution in [2.75, 3.05) is 17.3 Å². The van der Waals surface area contributed by atoms with Crippen molar-refractivity contribution in [3.63, 3.8) is 0 Å². The van der Waals surface area contributed by atoms with Crippen molar-refractivity contribution in [1.29, 1.82) is 0 Å². The smallest absolute Gasteiger partial charge is 0.297 e. The maximum atomic E-state index is 12.5. The van der Waals surface area contributed by atoms with E-state index in [4.69, 9.17) is 11.6 Å². The molecule has 0 aliphatic carbocycles. The van der Waals surface area contributed by atoms with Crippen LogP contribution in [0.25, 0.3) is 0 Å². The number of alkyl halides is 4. The lowest BCUT2D eigenvalue weighted by atomic mass is 10.2. The lowest BCUT2D eigenvalue weighted by Gasteiger charge is -2.23. The fraction of sp³-hybridized carbons (Fsp3) is 0.333. The SMILES string of the molecule is Cc1ccc(N(CC(=O)CCl)C(=O)C(F)(F)F)cc1. The van der Waals surface area contributed by atoms with Gasteiger partial charge in [0.05, 0.1) is 12.4 Å². The topological polar surface area (TPSA) is 37.4 Å². The molecular formula is C12H11ClF3NO2. The number of nitrogens with zero attached hydrogens (tertiary/aromatic N) is 1. The van der Waals surface area contributed by atoms with E-state index in [1.54, 1.807) is 19.1 Å². The van der Waals surface area contributed by atoms with Gasteiger partial charge in [0.15, 0.2) is 5.78 Å². The molecule has 0 unspecified atom stereocenters. The van der Waals surface area contributed by atoms with Gasteiger partial charge in [0.2, 0.25) is 0 Å².